The van der Waals surface area contributed by atoms with Crippen molar-refractivity contribution in [2.24, 2.45) is 0 Å². The first-order chi connectivity index (χ1) is 8.70. The van der Waals surface area contributed by atoms with Crippen molar-refractivity contribution < 1.29 is 14.9 Å². The van der Waals surface area contributed by atoms with E-state index in [-0.39, 0.29) is 30.0 Å². The molecule has 0 saturated heterocycles. The molecule has 102 valence electrons. The van der Waals surface area contributed by atoms with Crippen molar-refractivity contribution in [1.82, 2.24) is 9.55 Å². The van der Waals surface area contributed by atoms with Crippen LogP contribution in [-0.4, -0.2) is 44.3 Å². The molecular weight excluding hydrogens is 256 g/mol. The second-order valence-corrected chi connectivity index (χ2v) is 4.61. The van der Waals surface area contributed by atoms with Crippen molar-refractivity contribution in [2.45, 2.75) is 31.1 Å². The van der Waals surface area contributed by atoms with Crippen LogP contribution in [0.5, 0.6) is 6.01 Å². The number of nitrogens with zero attached hydrogens (tertiary/aromatic N) is 2. The van der Waals surface area contributed by atoms with Gasteiger partial charge in [-0.3, -0.25) is 9.36 Å². The fraction of sp³-hybridized carbons (Fsp3) is 0.636. The number of thioether (sulfide) groups is 1. The Morgan fingerprint density at radius 2 is 2.33 bits per heavy atom. The number of rotatable bonds is 1. The Morgan fingerprint density at radius 3 is 3.00 bits per heavy atom. The number of hydrogen-bond acceptors (Lipinski definition) is 6. The molecule has 2 atom stereocenters. The molecule has 1 aliphatic heterocycles. The maximum Gasteiger partial charge on any atom is 0.300 e. The summed E-state index contributed by atoms with van der Waals surface area (Å²) in [6, 6.07) is 1.55. The van der Waals surface area contributed by atoms with Gasteiger partial charge in [-0.05, 0) is 0 Å². The Hall–Kier alpha value is -1.05. The van der Waals surface area contributed by atoms with E-state index < -0.39 is 6.10 Å². The first kappa shape index (κ1) is 15.0. The molecule has 0 aromatic carbocycles. The lowest BCUT2D eigenvalue weighted by molar-refractivity contribution is 0.0791. The molecule has 0 amide bonds. The van der Waals surface area contributed by atoms with Crippen molar-refractivity contribution in [3.63, 3.8) is 0 Å². The second kappa shape index (κ2) is 7.40. The zero-order valence-electron chi connectivity index (χ0n) is 10.4. The predicted octanol–water partition coefficient (Wildman–Crippen LogP) is 0.0744. The van der Waals surface area contributed by atoms with Gasteiger partial charge in [0.25, 0.3) is 5.56 Å². The van der Waals surface area contributed by atoms with Crippen molar-refractivity contribution in [3.05, 3.63) is 22.6 Å². The minimum atomic E-state index is -0.763. The molecule has 0 radical (unpaired) electrons. The lowest BCUT2D eigenvalue weighted by Gasteiger charge is -2.25. The fourth-order valence-electron chi connectivity index (χ4n) is 1.36. The van der Waals surface area contributed by atoms with Gasteiger partial charge in [0.2, 0.25) is 0 Å². The monoisotopic (exact) mass is 274 g/mol. The Kier molecular flexibility index (Phi) is 6.17. The van der Waals surface area contributed by atoms with Crippen LogP contribution in [0, 0.1) is 0 Å². The van der Waals surface area contributed by atoms with Gasteiger partial charge in [0, 0.05) is 12.3 Å². The summed E-state index contributed by atoms with van der Waals surface area (Å²) in [5, 5.41) is 18.4. The molecule has 0 spiro atoms. The lowest BCUT2D eigenvalue weighted by Crippen LogP contribution is -2.35. The van der Waals surface area contributed by atoms with Crippen molar-refractivity contribution >= 4 is 11.8 Å². The topological polar surface area (TPSA) is 84.6 Å². The number of fused-ring (bicyclic) bond motifs is 1. The van der Waals surface area contributed by atoms with Gasteiger partial charge in [-0.1, -0.05) is 13.8 Å². The molecule has 0 aliphatic carbocycles. The van der Waals surface area contributed by atoms with E-state index in [2.05, 4.69) is 4.98 Å². The maximum absolute atomic E-state index is 11.0. The quantitative estimate of drug-likeness (QED) is 0.754. The van der Waals surface area contributed by atoms with E-state index in [0.29, 0.717) is 5.88 Å². The van der Waals surface area contributed by atoms with Gasteiger partial charge < -0.3 is 14.9 Å². The van der Waals surface area contributed by atoms with E-state index in [0.717, 1.165) is 0 Å². The van der Waals surface area contributed by atoms with E-state index in [1.165, 1.54) is 17.8 Å². The first-order valence-electron chi connectivity index (χ1n) is 5.81. The highest BCUT2D eigenvalue weighted by Crippen LogP contribution is 2.22. The van der Waals surface area contributed by atoms with Crippen LogP contribution in [0.3, 0.4) is 0 Å². The van der Waals surface area contributed by atoms with Gasteiger partial charge in [-0.15, -0.1) is 11.8 Å². The van der Waals surface area contributed by atoms with Crippen LogP contribution in [0.25, 0.3) is 0 Å². The van der Waals surface area contributed by atoms with E-state index in [1.807, 2.05) is 13.8 Å². The number of aliphatic hydroxyl groups excluding tert-OH is 2. The van der Waals surface area contributed by atoms with Crippen molar-refractivity contribution in [3.8, 4) is 6.01 Å². The van der Waals surface area contributed by atoms with Crippen LogP contribution in [0.4, 0.5) is 0 Å². The fourth-order valence-corrected chi connectivity index (χ4v) is 2.31. The van der Waals surface area contributed by atoms with Gasteiger partial charge in [0.15, 0.2) is 0 Å². The molecule has 1 aromatic rings. The molecular formula is C11H18N2O4S. The smallest absolute Gasteiger partial charge is 0.300 e. The Balaban J connectivity index is 0.000000771. The molecule has 2 heterocycles. The third-order valence-corrected chi connectivity index (χ3v) is 3.59. The van der Waals surface area contributed by atoms with Crippen molar-refractivity contribution in [2.75, 3.05) is 13.2 Å². The minimum Gasteiger partial charge on any atom is -0.462 e. The van der Waals surface area contributed by atoms with Gasteiger partial charge in [0.05, 0.1) is 17.7 Å². The van der Waals surface area contributed by atoms with Crippen LogP contribution in [0.15, 0.2) is 17.1 Å². The van der Waals surface area contributed by atoms with E-state index in [9.17, 15) is 9.90 Å². The average molecular weight is 274 g/mol. The Bertz CT molecular complexity index is 424. The highest BCUT2D eigenvalue weighted by Gasteiger charge is 2.23. The normalized spacial score (nSPS) is 22.7. The molecule has 0 fully saturated rings. The van der Waals surface area contributed by atoms with E-state index in [1.54, 1.807) is 10.8 Å². The summed E-state index contributed by atoms with van der Waals surface area (Å²) in [5.41, 5.74) is -0.370. The highest BCUT2D eigenvalue weighted by molar-refractivity contribution is 7.99. The predicted molar refractivity (Wildman–Crippen MR) is 69.8 cm³/mol. The van der Waals surface area contributed by atoms with Crippen LogP contribution in [0.2, 0.25) is 0 Å². The number of aromatic nitrogens is 2. The van der Waals surface area contributed by atoms with E-state index >= 15 is 0 Å². The molecule has 2 rings (SSSR count). The van der Waals surface area contributed by atoms with Gasteiger partial charge in [0.1, 0.15) is 12.7 Å². The summed E-state index contributed by atoms with van der Waals surface area (Å²) >= 11 is 1.39. The second-order valence-electron chi connectivity index (χ2n) is 3.41. The molecule has 7 heteroatoms. The minimum absolute atomic E-state index is 0.0225. The molecule has 18 heavy (non-hydrogen) atoms. The molecule has 2 N–H and O–H groups in total. The van der Waals surface area contributed by atoms with E-state index in [4.69, 9.17) is 9.84 Å². The number of ether oxygens (including phenoxy) is 1. The molecule has 0 saturated carbocycles. The summed E-state index contributed by atoms with van der Waals surface area (Å²) in [4.78, 5) is 14.7. The van der Waals surface area contributed by atoms with Gasteiger partial charge in [-0.2, -0.15) is 4.98 Å². The molecule has 6 nitrogen and oxygen atoms in total. The SMILES string of the molecule is CC.O=c1ccn2c(n1)OC[C@H](O)C(CO)SC2. The largest absolute Gasteiger partial charge is 0.462 e. The number of hydrogen-bond donors (Lipinski definition) is 2. The molecule has 1 aromatic heterocycles. The van der Waals surface area contributed by atoms with Crippen LogP contribution >= 0.6 is 11.8 Å². The first-order valence-corrected chi connectivity index (χ1v) is 6.86. The third kappa shape index (κ3) is 3.72. The van der Waals surface area contributed by atoms with Crippen LogP contribution in [0.1, 0.15) is 13.8 Å². The van der Waals surface area contributed by atoms with Gasteiger partial charge in [-0.25, -0.2) is 0 Å². The zero-order valence-corrected chi connectivity index (χ0v) is 11.3. The number of aliphatic hydroxyl groups is 2. The lowest BCUT2D eigenvalue weighted by atomic mass is 10.3. The zero-order chi connectivity index (χ0) is 13.5. The molecule has 0 bridgehead atoms. The van der Waals surface area contributed by atoms with Crippen LogP contribution in [-0.2, 0) is 5.88 Å². The summed E-state index contributed by atoms with van der Waals surface area (Å²) in [7, 11) is 0. The average Bonchev–Trinajstić information content (AvgIpc) is 2.39. The summed E-state index contributed by atoms with van der Waals surface area (Å²) < 4.78 is 6.90. The van der Waals surface area contributed by atoms with Crippen LogP contribution < -0.4 is 10.3 Å². The maximum atomic E-state index is 11.0. The highest BCUT2D eigenvalue weighted by atomic mass is 32.2. The summed E-state index contributed by atoms with van der Waals surface area (Å²) in [6.07, 6.45) is 0.824. The van der Waals surface area contributed by atoms with Crippen molar-refractivity contribution in [1.29, 1.82) is 0 Å². The molecule has 1 unspecified atom stereocenters. The third-order valence-electron chi connectivity index (χ3n) is 2.27. The molecule has 1 aliphatic rings. The Morgan fingerprint density at radius 1 is 1.61 bits per heavy atom. The van der Waals surface area contributed by atoms with Gasteiger partial charge >= 0.3 is 6.01 Å². The summed E-state index contributed by atoms with van der Waals surface area (Å²) in [6.45, 7) is 3.91. The summed E-state index contributed by atoms with van der Waals surface area (Å²) in [5.74, 6) is 0.477. The standard InChI is InChI=1S/C9H12N2O4S.C2H6/c12-3-7-6(13)4-15-9-10-8(14)1-2-11(9)5-16-7;1-2/h1-2,6-7,12-13H,3-5H2;1-2H3/t6-,7?;/m0./s1. The Labute approximate surface area is 110 Å².